The fraction of sp³-hybridized carbons (Fsp3) is 0.455. The van der Waals surface area contributed by atoms with Gasteiger partial charge in [0.25, 0.3) is 0 Å². The Morgan fingerprint density at radius 2 is 1.86 bits per heavy atom. The van der Waals surface area contributed by atoms with Crippen LogP contribution in [0.3, 0.4) is 0 Å². The molecule has 0 unspecified atom stereocenters. The van der Waals surface area contributed by atoms with Gasteiger partial charge in [-0.2, -0.15) is 0 Å². The van der Waals surface area contributed by atoms with Crippen molar-refractivity contribution in [3.63, 3.8) is 0 Å². The van der Waals surface area contributed by atoms with Crippen molar-refractivity contribution in [2.45, 2.75) is 44.2 Å². The molecule has 1 atom stereocenters. The Hall–Kier alpha value is -2.76. The van der Waals surface area contributed by atoms with Crippen molar-refractivity contribution in [3.8, 4) is 17.4 Å². The number of hydrogen-bond donors (Lipinski definition) is 0. The summed E-state index contributed by atoms with van der Waals surface area (Å²) in [5.74, 6) is 2.84. The molecule has 0 bridgehead atoms. The molecule has 1 aromatic heterocycles. The van der Waals surface area contributed by atoms with Crippen LogP contribution in [0.4, 0.5) is 0 Å². The number of likely N-dealkylation sites (tertiary alicyclic amines) is 1. The third-order valence-corrected chi connectivity index (χ3v) is 5.63. The zero-order valence-electron chi connectivity index (χ0n) is 16.6. The number of carbonyl (C=O) groups is 1. The average Bonchev–Trinajstić information content (AvgIpc) is 3.52. The third-order valence-electron chi connectivity index (χ3n) is 5.63. The lowest BCUT2D eigenvalue weighted by Crippen LogP contribution is -2.28. The minimum atomic E-state index is -0.0542. The maximum atomic E-state index is 12.6. The monoisotopic (exact) mass is 382 g/mol. The van der Waals surface area contributed by atoms with Gasteiger partial charge in [-0.3, -0.25) is 4.79 Å². The molecule has 1 aromatic carbocycles. The first kappa shape index (κ1) is 18.6. The molecular weight excluding hydrogens is 356 g/mol. The number of methoxy groups -OCH3 is 3. The summed E-state index contributed by atoms with van der Waals surface area (Å²) in [5, 5.41) is 0. The van der Waals surface area contributed by atoms with E-state index in [0.29, 0.717) is 30.5 Å². The molecule has 0 N–H and O–H groups in total. The van der Waals surface area contributed by atoms with E-state index < -0.39 is 0 Å². The largest absolute Gasteiger partial charge is 0.497 e. The smallest absolute Gasteiger partial charge is 0.223 e. The van der Waals surface area contributed by atoms with Gasteiger partial charge in [0.15, 0.2) is 0 Å². The molecule has 148 valence electrons. The highest BCUT2D eigenvalue weighted by Crippen LogP contribution is 2.44. The van der Waals surface area contributed by atoms with Crippen molar-refractivity contribution in [2.24, 2.45) is 0 Å². The molecule has 1 saturated carbocycles. The van der Waals surface area contributed by atoms with Crippen molar-refractivity contribution in [1.82, 2.24) is 9.88 Å². The van der Waals surface area contributed by atoms with E-state index in [1.54, 1.807) is 21.3 Å². The lowest BCUT2D eigenvalue weighted by molar-refractivity contribution is -0.129. The van der Waals surface area contributed by atoms with E-state index in [4.69, 9.17) is 19.2 Å². The number of hydrogen-bond acceptors (Lipinski definition) is 5. The normalized spacial score (nSPS) is 19.0. The molecule has 0 spiro atoms. The molecule has 1 aliphatic carbocycles. The summed E-state index contributed by atoms with van der Waals surface area (Å²) in [6.45, 7) is 0.477. The molecule has 2 fully saturated rings. The molecule has 1 aliphatic heterocycles. The van der Waals surface area contributed by atoms with Crippen LogP contribution in [0.1, 0.15) is 54.5 Å². The van der Waals surface area contributed by atoms with Gasteiger partial charge in [-0.05, 0) is 43.4 Å². The van der Waals surface area contributed by atoms with Crippen molar-refractivity contribution < 1.29 is 19.0 Å². The van der Waals surface area contributed by atoms with Crippen LogP contribution in [0.25, 0.3) is 0 Å². The first-order valence-corrected chi connectivity index (χ1v) is 9.69. The summed E-state index contributed by atoms with van der Waals surface area (Å²) >= 11 is 0. The van der Waals surface area contributed by atoms with Crippen LogP contribution in [-0.4, -0.2) is 37.1 Å². The molecule has 28 heavy (non-hydrogen) atoms. The fourth-order valence-corrected chi connectivity index (χ4v) is 3.93. The van der Waals surface area contributed by atoms with Crippen molar-refractivity contribution in [1.29, 1.82) is 0 Å². The number of benzene rings is 1. The first-order chi connectivity index (χ1) is 13.6. The van der Waals surface area contributed by atoms with Crippen LogP contribution >= 0.6 is 0 Å². The second-order valence-electron chi connectivity index (χ2n) is 7.36. The van der Waals surface area contributed by atoms with Gasteiger partial charge in [-0.1, -0.05) is 6.07 Å². The highest BCUT2D eigenvalue weighted by atomic mass is 16.5. The Morgan fingerprint density at radius 3 is 2.54 bits per heavy atom. The van der Waals surface area contributed by atoms with E-state index in [9.17, 15) is 4.79 Å². The number of pyridine rings is 1. The molecule has 1 saturated heterocycles. The van der Waals surface area contributed by atoms with Crippen molar-refractivity contribution >= 4 is 5.91 Å². The zero-order valence-corrected chi connectivity index (χ0v) is 16.6. The highest BCUT2D eigenvalue weighted by Gasteiger charge is 2.35. The van der Waals surface area contributed by atoms with Gasteiger partial charge in [-0.15, -0.1) is 0 Å². The Bertz CT molecular complexity index is 879. The van der Waals surface area contributed by atoms with Gasteiger partial charge in [0, 0.05) is 30.2 Å². The molecule has 6 heteroatoms. The number of amides is 1. The maximum Gasteiger partial charge on any atom is 0.223 e. The van der Waals surface area contributed by atoms with Crippen molar-refractivity contribution in [3.05, 3.63) is 47.2 Å². The Balaban J connectivity index is 1.61. The number of aromatic nitrogens is 1. The second kappa shape index (κ2) is 7.70. The van der Waals surface area contributed by atoms with Crippen LogP contribution in [-0.2, 0) is 11.3 Å². The van der Waals surface area contributed by atoms with Gasteiger partial charge < -0.3 is 19.1 Å². The van der Waals surface area contributed by atoms with Crippen LogP contribution in [0, 0.1) is 0 Å². The number of rotatable bonds is 7. The van der Waals surface area contributed by atoms with E-state index >= 15 is 0 Å². The van der Waals surface area contributed by atoms with Crippen LogP contribution < -0.4 is 14.2 Å². The number of nitrogens with zero attached hydrogens (tertiary/aromatic N) is 2. The molecule has 6 nitrogen and oxygen atoms in total. The maximum absolute atomic E-state index is 12.6. The average molecular weight is 382 g/mol. The van der Waals surface area contributed by atoms with E-state index in [-0.39, 0.29) is 11.9 Å². The van der Waals surface area contributed by atoms with Gasteiger partial charge in [0.2, 0.25) is 11.8 Å². The quantitative estimate of drug-likeness (QED) is 0.728. The van der Waals surface area contributed by atoms with E-state index in [2.05, 4.69) is 12.1 Å². The summed E-state index contributed by atoms with van der Waals surface area (Å²) < 4.78 is 16.3. The molecular formula is C22H26N2O4. The molecule has 2 aromatic rings. The predicted octanol–water partition coefficient (Wildman–Crippen LogP) is 3.85. The minimum Gasteiger partial charge on any atom is -0.497 e. The third kappa shape index (κ3) is 3.51. The van der Waals surface area contributed by atoms with E-state index in [1.165, 1.54) is 18.4 Å². The number of ether oxygens (including phenoxy) is 3. The van der Waals surface area contributed by atoms with Crippen molar-refractivity contribution in [2.75, 3.05) is 21.3 Å². The van der Waals surface area contributed by atoms with Crippen LogP contribution in [0.5, 0.6) is 17.4 Å². The Kier molecular flexibility index (Phi) is 5.11. The van der Waals surface area contributed by atoms with Gasteiger partial charge >= 0.3 is 0 Å². The zero-order chi connectivity index (χ0) is 19.7. The van der Waals surface area contributed by atoms with E-state index in [0.717, 1.165) is 23.4 Å². The molecule has 0 radical (unpaired) electrons. The SMILES string of the molecule is COc1ccc(CN2C(=O)CC[C@@H]2c2ccc(C3CC3)c(OC)n2)c(OC)c1. The lowest BCUT2D eigenvalue weighted by atomic mass is 10.1. The summed E-state index contributed by atoms with van der Waals surface area (Å²) in [7, 11) is 4.92. The summed E-state index contributed by atoms with van der Waals surface area (Å²) in [6.07, 6.45) is 3.68. The van der Waals surface area contributed by atoms with Gasteiger partial charge in [0.1, 0.15) is 11.5 Å². The van der Waals surface area contributed by atoms with Crippen LogP contribution in [0.2, 0.25) is 0 Å². The van der Waals surface area contributed by atoms with Crippen LogP contribution in [0.15, 0.2) is 30.3 Å². The summed E-state index contributed by atoms with van der Waals surface area (Å²) in [5.41, 5.74) is 3.02. The molecule has 4 rings (SSSR count). The Morgan fingerprint density at radius 1 is 1.04 bits per heavy atom. The molecule has 2 aliphatic rings. The first-order valence-electron chi connectivity index (χ1n) is 9.69. The predicted molar refractivity (Wildman–Crippen MR) is 105 cm³/mol. The minimum absolute atomic E-state index is 0.0542. The molecule has 2 heterocycles. The second-order valence-corrected chi connectivity index (χ2v) is 7.36. The van der Waals surface area contributed by atoms with Gasteiger partial charge in [-0.25, -0.2) is 4.98 Å². The molecule has 1 amide bonds. The summed E-state index contributed by atoms with van der Waals surface area (Å²) in [6, 6.07) is 9.80. The van der Waals surface area contributed by atoms with Gasteiger partial charge in [0.05, 0.1) is 33.1 Å². The highest BCUT2D eigenvalue weighted by molar-refractivity contribution is 5.79. The number of carbonyl (C=O) groups excluding carboxylic acids is 1. The lowest BCUT2D eigenvalue weighted by Gasteiger charge is -2.26. The Labute approximate surface area is 165 Å². The van der Waals surface area contributed by atoms with E-state index in [1.807, 2.05) is 23.1 Å². The summed E-state index contributed by atoms with van der Waals surface area (Å²) in [4.78, 5) is 19.3. The fourth-order valence-electron chi connectivity index (χ4n) is 3.93. The standard InChI is InChI=1S/C22H26N2O4/c1-26-16-7-6-15(20(12-16)27-2)13-24-19(10-11-21(24)25)18-9-8-17(14-4-5-14)22(23-18)28-3/h6-9,12,14,19H,4-5,10-11,13H2,1-3H3/t19-/m1/s1. The topological polar surface area (TPSA) is 60.9 Å².